The lowest BCUT2D eigenvalue weighted by atomic mass is 9.93. The average Bonchev–Trinajstić information content (AvgIpc) is 3.18. The minimum Gasteiger partial charge on any atom is -0.490 e. The molecule has 3 heteroatoms. The molecule has 1 heterocycles. The summed E-state index contributed by atoms with van der Waals surface area (Å²) in [6.45, 7) is 0. The topological polar surface area (TPSA) is 38.3 Å². The minimum absolute atomic E-state index is 0.0851. The molecule has 0 spiro atoms. The molecule has 2 aliphatic rings. The highest BCUT2D eigenvalue weighted by molar-refractivity contribution is 6.03. The van der Waals surface area contributed by atoms with E-state index in [1.165, 1.54) is 12.8 Å². The Bertz CT molecular complexity index is 719. The number of rotatable bonds is 4. The van der Waals surface area contributed by atoms with Crippen molar-refractivity contribution in [2.24, 2.45) is 0 Å². The summed E-state index contributed by atoms with van der Waals surface area (Å²) in [6.07, 6.45) is 5.81. The number of para-hydroxylation sites is 2. The fourth-order valence-corrected chi connectivity index (χ4v) is 3.67. The number of benzene rings is 2. The minimum atomic E-state index is -0.125. The van der Waals surface area contributed by atoms with Crippen molar-refractivity contribution in [2.45, 2.75) is 44.1 Å². The van der Waals surface area contributed by atoms with Crippen molar-refractivity contribution in [3.8, 4) is 5.75 Å². The van der Waals surface area contributed by atoms with Gasteiger partial charge < -0.3 is 10.1 Å². The number of hydrogen-bond donors (Lipinski definition) is 1. The Balaban J connectivity index is 1.58. The van der Waals surface area contributed by atoms with Gasteiger partial charge in [-0.1, -0.05) is 36.4 Å². The molecular formula is C20H21NO2. The summed E-state index contributed by atoms with van der Waals surface area (Å²) in [5.41, 5.74) is 3.15. The average molecular weight is 307 g/mol. The van der Waals surface area contributed by atoms with Gasteiger partial charge in [-0.2, -0.15) is 0 Å². The highest BCUT2D eigenvalue weighted by Crippen LogP contribution is 2.36. The smallest absolute Gasteiger partial charge is 0.232 e. The molecule has 0 saturated heterocycles. The van der Waals surface area contributed by atoms with E-state index in [0.29, 0.717) is 12.5 Å². The maximum Gasteiger partial charge on any atom is 0.232 e. The van der Waals surface area contributed by atoms with Gasteiger partial charge in [-0.15, -0.1) is 0 Å². The van der Waals surface area contributed by atoms with Crippen LogP contribution in [0.15, 0.2) is 48.5 Å². The number of carbonyl (C=O) groups is 1. The summed E-state index contributed by atoms with van der Waals surface area (Å²) >= 11 is 0. The van der Waals surface area contributed by atoms with E-state index >= 15 is 0 Å². The lowest BCUT2D eigenvalue weighted by Crippen LogP contribution is -2.16. The SMILES string of the molecule is O=C1Nc2ccccc2[C@H]1Cc1ccccc1OC1CCCC1. The van der Waals surface area contributed by atoms with Gasteiger partial charge in [-0.05, 0) is 55.4 Å². The van der Waals surface area contributed by atoms with E-state index < -0.39 is 0 Å². The molecular weight excluding hydrogens is 286 g/mol. The third-order valence-electron chi connectivity index (χ3n) is 4.90. The first kappa shape index (κ1) is 14.3. The molecule has 1 saturated carbocycles. The number of hydrogen-bond acceptors (Lipinski definition) is 2. The lowest BCUT2D eigenvalue weighted by Gasteiger charge is -2.18. The van der Waals surface area contributed by atoms with Crippen LogP contribution in [-0.4, -0.2) is 12.0 Å². The van der Waals surface area contributed by atoms with Gasteiger partial charge in [0.1, 0.15) is 5.75 Å². The van der Waals surface area contributed by atoms with Gasteiger partial charge in [0, 0.05) is 5.69 Å². The van der Waals surface area contributed by atoms with Crippen molar-refractivity contribution in [3.63, 3.8) is 0 Å². The van der Waals surface area contributed by atoms with Crippen LogP contribution in [0.25, 0.3) is 0 Å². The van der Waals surface area contributed by atoms with E-state index in [4.69, 9.17) is 4.74 Å². The van der Waals surface area contributed by atoms with E-state index in [9.17, 15) is 4.79 Å². The summed E-state index contributed by atoms with van der Waals surface area (Å²) in [6, 6.07) is 16.1. The van der Waals surface area contributed by atoms with E-state index in [1.54, 1.807) is 0 Å². The summed E-state index contributed by atoms with van der Waals surface area (Å²) in [5.74, 6) is 0.901. The van der Waals surface area contributed by atoms with Gasteiger partial charge in [0.15, 0.2) is 0 Å². The molecule has 118 valence electrons. The van der Waals surface area contributed by atoms with Crippen molar-refractivity contribution in [1.29, 1.82) is 0 Å². The Hall–Kier alpha value is -2.29. The quantitative estimate of drug-likeness (QED) is 0.915. The van der Waals surface area contributed by atoms with Crippen LogP contribution in [-0.2, 0) is 11.2 Å². The first-order valence-electron chi connectivity index (χ1n) is 8.45. The fourth-order valence-electron chi connectivity index (χ4n) is 3.67. The molecule has 1 aliphatic carbocycles. The molecule has 1 fully saturated rings. The third kappa shape index (κ3) is 2.83. The standard InChI is InChI=1S/C20H21NO2/c22-20-17(16-10-4-5-11-18(16)21-20)13-14-7-1-6-12-19(14)23-15-8-2-3-9-15/h1,4-7,10-12,15,17H,2-3,8-9,13H2,(H,21,22)/t17-/m1/s1. The second-order valence-corrected chi connectivity index (χ2v) is 6.47. The first-order valence-corrected chi connectivity index (χ1v) is 8.45. The van der Waals surface area contributed by atoms with Crippen LogP contribution >= 0.6 is 0 Å². The molecule has 0 radical (unpaired) electrons. The molecule has 1 amide bonds. The number of amides is 1. The van der Waals surface area contributed by atoms with Crippen LogP contribution < -0.4 is 10.1 Å². The number of nitrogens with one attached hydrogen (secondary N) is 1. The molecule has 0 aromatic heterocycles. The van der Waals surface area contributed by atoms with E-state index in [0.717, 1.165) is 35.4 Å². The molecule has 0 unspecified atom stereocenters. The van der Waals surface area contributed by atoms with Crippen LogP contribution in [0, 0.1) is 0 Å². The normalized spacial score (nSPS) is 20.3. The zero-order valence-electron chi connectivity index (χ0n) is 13.1. The third-order valence-corrected chi connectivity index (χ3v) is 4.90. The fraction of sp³-hybridized carbons (Fsp3) is 0.350. The van der Waals surface area contributed by atoms with Crippen LogP contribution in [0.2, 0.25) is 0 Å². The predicted molar refractivity (Wildman–Crippen MR) is 90.8 cm³/mol. The van der Waals surface area contributed by atoms with Crippen molar-refractivity contribution < 1.29 is 9.53 Å². The molecule has 2 aromatic rings. The molecule has 2 aromatic carbocycles. The molecule has 1 N–H and O–H groups in total. The Kier molecular flexibility index (Phi) is 3.78. The Morgan fingerprint density at radius 2 is 1.74 bits per heavy atom. The predicted octanol–water partition coefficient (Wildman–Crippen LogP) is 4.29. The summed E-state index contributed by atoms with van der Waals surface area (Å²) in [4.78, 5) is 12.3. The van der Waals surface area contributed by atoms with E-state index in [2.05, 4.69) is 11.4 Å². The summed E-state index contributed by atoms with van der Waals surface area (Å²) in [7, 11) is 0. The summed E-state index contributed by atoms with van der Waals surface area (Å²) in [5, 5.41) is 2.98. The largest absolute Gasteiger partial charge is 0.490 e. The highest BCUT2D eigenvalue weighted by Gasteiger charge is 2.31. The maximum atomic E-state index is 12.3. The molecule has 1 aliphatic heterocycles. The number of anilines is 1. The zero-order chi connectivity index (χ0) is 15.6. The Morgan fingerprint density at radius 1 is 1.00 bits per heavy atom. The van der Waals surface area contributed by atoms with Crippen molar-refractivity contribution in [2.75, 3.05) is 5.32 Å². The first-order chi connectivity index (χ1) is 11.3. The van der Waals surface area contributed by atoms with E-state index in [-0.39, 0.29) is 11.8 Å². The van der Waals surface area contributed by atoms with E-state index in [1.807, 2.05) is 42.5 Å². The second kappa shape index (κ2) is 6.07. The van der Waals surface area contributed by atoms with Crippen LogP contribution in [0.5, 0.6) is 5.75 Å². The van der Waals surface area contributed by atoms with Gasteiger partial charge in [0.05, 0.1) is 12.0 Å². The van der Waals surface area contributed by atoms with Gasteiger partial charge in [0.2, 0.25) is 5.91 Å². The Morgan fingerprint density at radius 3 is 2.61 bits per heavy atom. The van der Waals surface area contributed by atoms with Gasteiger partial charge in [-0.3, -0.25) is 4.79 Å². The van der Waals surface area contributed by atoms with Gasteiger partial charge in [-0.25, -0.2) is 0 Å². The molecule has 3 nitrogen and oxygen atoms in total. The Labute approximate surface area is 136 Å². The summed E-state index contributed by atoms with van der Waals surface area (Å²) < 4.78 is 6.21. The zero-order valence-corrected chi connectivity index (χ0v) is 13.1. The molecule has 1 atom stereocenters. The number of ether oxygens (including phenoxy) is 1. The van der Waals surface area contributed by atoms with Crippen molar-refractivity contribution >= 4 is 11.6 Å². The van der Waals surface area contributed by atoms with Gasteiger partial charge in [0.25, 0.3) is 0 Å². The molecule has 4 rings (SSSR count). The van der Waals surface area contributed by atoms with Crippen molar-refractivity contribution in [3.05, 3.63) is 59.7 Å². The lowest BCUT2D eigenvalue weighted by molar-refractivity contribution is -0.117. The number of fused-ring (bicyclic) bond motifs is 1. The second-order valence-electron chi connectivity index (χ2n) is 6.47. The maximum absolute atomic E-state index is 12.3. The van der Waals surface area contributed by atoms with Crippen LogP contribution in [0.1, 0.15) is 42.7 Å². The van der Waals surface area contributed by atoms with Gasteiger partial charge >= 0.3 is 0 Å². The molecule has 0 bridgehead atoms. The monoisotopic (exact) mass is 307 g/mol. The number of carbonyl (C=O) groups excluding carboxylic acids is 1. The van der Waals surface area contributed by atoms with Crippen molar-refractivity contribution in [1.82, 2.24) is 0 Å². The van der Waals surface area contributed by atoms with Crippen LogP contribution in [0.3, 0.4) is 0 Å². The van der Waals surface area contributed by atoms with Crippen LogP contribution in [0.4, 0.5) is 5.69 Å². The highest BCUT2D eigenvalue weighted by atomic mass is 16.5. The molecule has 23 heavy (non-hydrogen) atoms.